The molecule has 0 aromatic rings. The van der Waals surface area contributed by atoms with Crippen LogP contribution in [-0.2, 0) is 31.3 Å². The standard InChI is InChI=1S/C4H6O6.Ba.Ti/c5-1(3(7)8)2(6)4(9)10;;/h1-2,5-6H,(H,7,8)(H,9,10);;/q;+2;/p-2. The average Bonchev–Trinajstić information content (AvgIpc) is 1.84. The van der Waals surface area contributed by atoms with Crippen LogP contribution in [0.15, 0.2) is 0 Å². The fourth-order valence-corrected chi connectivity index (χ4v) is 0.258. The number of aliphatic hydroxyl groups excluding tert-OH is 2. The molecule has 0 radical (unpaired) electrons. The summed E-state index contributed by atoms with van der Waals surface area (Å²) in [6.07, 6.45) is -4.88. The number of carbonyl (C=O) groups excluding carboxylic acids is 2. The summed E-state index contributed by atoms with van der Waals surface area (Å²) in [7, 11) is 0. The van der Waals surface area contributed by atoms with E-state index in [4.69, 9.17) is 10.2 Å². The first-order valence-corrected chi connectivity index (χ1v) is 2.24. The second-order valence-corrected chi connectivity index (χ2v) is 1.53. The average molecular weight is 333 g/mol. The van der Waals surface area contributed by atoms with Crippen LogP contribution >= 0.6 is 0 Å². The molecule has 0 saturated heterocycles. The van der Waals surface area contributed by atoms with Crippen molar-refractivity contribution in [2.45, 2.75) is 12.2 Å². The third kappa shape index (κ3) is 6.64. The maximum atomic E-state index is 9.63. The third-order valence-corrected chi connectivity index (χ3v) is 0.782. The number of aliphatic hydroxyl groups is 2. The summed E-state index contributed by atoms with van der Waals surface area (Å²) in [6.45, 7) is 0. The number of carboxylic acid groups (broad SMARTS) is 2. The smallest absolute Gasteiger partial charge is 0.547 e. The van der Waals surface area contributed by atoms with Gasteiger partial charge in [0.05, 0.1) is 11.9 Å². The summed E-state index contributed by atoms with van der Waals surface area (Å²) in [5, 5.41) is 35.7. The number of hydrogen-bond donors (Lipinski definition) is 2. The Morgan fingerprint density at radius 3 is 1.25 bits per heavy atom. The van der Waals surface area contributed by atoms with E-state index in [1.165, 1.54) is 0 Å². The van der Waals surface area contributed by atoms with Crippen molar-refractivity contribution in [2.75, 3.05) is 0 Å². The van der Waals surface area contributed by atoms with Gasteiger partial charge < -0.3 is 30.0 Å². The fourth-order valence-electron chi connectivity index (χ4n) is 0.258. The largest absolute Gasteiger partial charge is 2.00 e. The Bertz CT molecular complexity index is 144. The van der Waals surface area contributed by atoms with E-state index in [0.29, 0.717) is 0 Å². The molecule has 6 nitrogen and oxygen atoms in total. The predicted octanol–water partition coefficient (Wildman–Crippen LogP) is -5.18. The van der Waals surface area contributed by atoms with Crippen molar-refractivity contribution in [1.29, 1.82) is 0 Å². The molecule has 0 aliphatic heterocycles. The van der Waals surface area contributed by atoms with E-state index >= 15 is 0 Å². The van der Waals surface area contributed by atoms with Gasteiger partial charge in [-0.25, -0.2) is 0 Å². The van der Waals surface area contributed by atoms with Crippen molar-refractivity contribution in [2.24, 2.45) is 0 Å². The van der Waals surface area contributed by atoms with Gasteiger partial charge in [-0.05, 0) is 0 Å². The molecule has 12 heavy (non-hydrogen) atoms. The number of rotatable bonds is 3. The molecule has 0 amide bonds. The van der Waals surface area contributed by atoms with Gasteiger partial charge in [-0.15, -0.1) is 0 Å². The molecule has 0 saturated carbocycles. The van der Waals surface area contributed by atoms with Gasteiger partial charge >= 0.3 is 48.9 Å². The molecule has 2 atom stereocenters. The summed E-state index contributed by atoms with van der Waals surface area (Å²) in [4.78, 5) is 19.3. The quantitative estimate of drug-likeness (QED) is 0.498. The molecule has 0 aliphatic rings. The topological polar surface area (TPSA) is 121 Å². The Labute approximate surface area is 123 Å². The van der Waals surface area contributed by atoms with Crippen LogP contribution in [0.2, 0.25) is 0 Å². The van der Waals surface area contributed by atoms with Crippen LogP contribution < -0.4 is 10.2 Å². The van der Waals surface area contributed by atoms with Gasteiger partial charge in [-0.3, -0.25) is 0 Å². The summed E-state index contributed by atoms with van der Waals surface area (Å²) >= 11 is 0. The monoisotopic (exact) mass is 334 g/mol. The second-order valence-electron chi connectivity index (χ2n) is 1.53. The van der Waals surface area contributed by atoms with Crippen molar-refractivity contribution < 1.29 is 51.7 Å². The molecule has 8 heteroatoms. The zero-order valence-corrected chi connectivity index (χ0v) is 11.9. The van der Waals surface area contributed by atoms with Crippen molar-refractivity contribution in [3.05, 3.63) is 0 Å². The minimum atomic E-state index is -2.44. The molecule has 62 valence electrons. The van der Waals surface area contributed by atoms with Gasteiger partial charge in [-0.2, -0.15) is 0 Å². The molecule has 0 bridgehead atoms. The molecular formula is C4H4BaO6Ti. The second kappa shape index (κ2) is 8.73. The van der Waals surface area contributed by atoms with Crippen molar-refractivity contribution in [1.82, 2.24) is 0 Å². The molecule has 2 N–H and O–H groups in total. The molecule has 0 aliphatic carbocycles. The van der Waals surface area contributed by atoms with E-state index in [2.05, 4.69) is 0 Å². The first kappa shape index (κ1) is 18.8. The molecule has 0 spiro atoms. The molecule has 0 aromatic heterocycles. The van der Waals surface area contributed by atoms with Crippen LogP contribution in [0.5, 0.6) is 0 Å². The van der Waals surface area contributed by atoms with Crippen LogP contribution in [0.4, 0.5) is 0 Å². The van der Waals surface area contributed by atoms with Gasteiger partial charge in [0.15, 0.2) is 0 Å². The van der Waals surface area contributed by atoms with Crippen molar-refractivity contribution in [3.63, 3.8) is 0 Å². The SMILES string of the molecule is O=C([O-])C(O)C(O)C(=O)[O-].[Ba+2].[Ti]. The van der Waals surface area contributed by atoms with Crippen LogP contribution in [0.25, 0.3) is 0 Å². The van der Waals surface area contributed by atoms with Gasteiger partial charge in [0, 0.05) is 21.7 Å². The minimum absolute atomic E-state index is 0. The van der Waals surface area contributed by atoms with Gasteiger partial charge in [0.25, 0.3) is 0 Å². The molecule has 0 rings (SSSR count). The summed E-state index contributed by atoms with van der Waals surface area (Å²) < 4.78 is 0. The Balaban J connectivity index is -0.000000405. The summed E-state index contributed by atoms with van der Waals surface area (Å²) in [5.41, 5.74) is 0. The maximum absolute atomic E-state index is 9.63. The maximum Gasteiger partial charge on any atom is 2.00 e. The zero-order valence-electron chi connectivity index (χ0n) is 5.89. The van der Waals surface area contributed by atoms with Crippen molar-refractivity contribution >= 4 is 60.8 Å². The van der Waals surface area contributed by atoms with E-state index in [1.807, 2.05) is 0 Å². The van der Waals surface area contributed by atoms with Crippen LogP contribution in [0.1, 0.15) is 0 Å². The number of carbonyl (C=O) groups is 2. The van der Waals surface area contributed by atoms with E-state index < -0.39 is 24.1 Å². The number of hydrogen-bond acceptors (Lipinski definition) is 6. The van der Waals surface area contributed by atoms with E-state index in [1.54, 1.807) is 0 Å². The Morgan fingerprint density at radius 2 is 1.17 bits per heavy atom. The fraction of sp³-hybridized carbons (Fsp3) is 0.500. The summed E-state index contributed by atoms with van der Waals surface area (Å²) in [6, 6.07) is 0. The van der Waals surface area contributed by atoms with Gasteiger partial charge in [-0.1, -0.05) is 0 Å². The van der Waals surface area contributed by atoms with Gasteiger partial charge in [0.1, 0.15) is 12.2 Å². The predicted molar refractivity (Wildman–Crippen MR) is 27.8 cm³/mol. The van der Waals surface area contributed by atoms with E-state index in [-0.39, 0.29) is 70.6 Å². The molecule has 0 aromatic carbocycles. The molecular weight excluding hydrogens is 329 g/mol. The van der Waals surface area contributed by atoms with Gasteiger partial charge in [0.2, 0.25) is 0 Å². The Morgan fingerprint density at radius 1 is 1.00 bits per heavy atom. The first-order chi connectivity index (χ1) is 4.46. The normalized spacial score (nSPS) is 13.2. The van der Waals surface area contributed by atoms with E-state index in [0.717, 1.165) is 0 Å². The molecule has 2 unspecified atom stereocenters. The molecule has 0 fully saturated rings. The Kier molecular flexibility index (Phi) is 13.7. The Hall–Kier alpha value is 1.15. The van der Waals surface area contributed by atoms with Crippen LogP contribution in [0, 0.1) is 0 Å². The number of carboxylic acids is 2. The number of aliphatic carboxylic acids is 2. The third-order valence-electron chi connectivity index (χ3n) is 0.782. The van der Waals surface area contributed by atoms with Crippen LogP contribution in [0.3, 0.4) is 0 Å². The minimum Gasteiger partial charge on any atom is -0.547 e. The van der Waals surface area contributed by atoms with Crippen LogP contribution in [-0.4, -0.2) is 83.2 Å². The summed E-state index contributed by atoms with van der Waals surface area (Å²) in [5.74, 6) is -4.12. The van der Waals surface area contributed by atoms with E-state index in [9.17, 15) is 19.8 Å². The van der Waals surface area contributed by atoms with Crippen molar-refractivity contribution in [3.8, 4) is 0 Å². The zero-order chi connectivity index (χ0) is 8.31. The first-order valence-electron chi connectivity index (χ1n) is 2.24. The molecule has 0 heterocycles.